The molecule has 94 valence electrons. The van der Waals surface area contributed by atoms with E-state index in [-0.39, 0.29) is 0 Å². The fraction of sp³-hybridized carbons (Fsp3) is 1.00. The van der Waals surface area contributed by atoms with Crippen molar-refractivity contribution in [3.8, 4) is 0 Å². The highest BCUT2D eigenvalue weighted by molar-refractivity contribution is 9.09. The zero-order chi connectivity index (χ0) is 11.4. The largest absolute Gasteiger partial charge is 0.377 e. The predicted octanol–water partition coefficient (Wildman–Crippen LogP) is 4.54. The van der Waals surface area contributed by atoms with Crippen molar-refractivity contribution < 1.29 is 4.74 Å². The number of alkyl halides is 1. The van der Waals surface area contributed by atoms with E-state index in [0.717, 1.165) is 18.4 Å². The van der Waals surface area contributed by atoms with Crippen LogP contribution in [0.15, 0.2) is 0 Å². The molecule has 0 bridgehead atoms. The molecule has 1 nitrogen and oxygen atoms in total. The Morgan fingerprint density at radius 3 is 2.44 bits per heavy atom. The Balaban J connectivity index is 1.71. The van der Waals surface area contributed by atoms with Crippen LogP contribution in [-0.2, 0) is 4.74 Å². The van der Waals surface area contributed by atoms with Crippen molar-refractivity contribution in [3.05, 3.63) is 0 Å². The molecule has 2 fully saturated rings. The molecule has 0 amide bonds. The quantitative estimate of drug-likeness (QED) is 0.691. The number of halogens is 1. The van der Waals surface area contributed by atoms with E-state index in [4.69, 9.17) is 4.74 Å². The first-order chi connectivity index (χ1) is 7.77. The first-order valence-electron chi connectivity index (χ1n) is 7.03. The van der Waals surface area contributed by atoms with Gasteiger partial charge in [-0.05, 0) is 37.5 Å². The van der Waals surface area contributed by atoms with E-state index in [9.17, 15) is 0 Å². The lowest BCUT2D eigenvalue weighted by atomic mass is 9.98. The van der Waals surface area contributed by atoms with Gasteiger partial charge in [0.2, 0.25) is 0 Å². The van der Waals surface area contributed by atoms with Crippen LogP contribution in [-0.4, -0.2) is 17.5 Å². The van der Waals surface area contributed by atoms with Gasteiger partial charge in [0.25, 0.3) is 0 Å². The molecular weight excluding hydrogens is 264 g/mol. The number of rotatable bonds is 4. The lowest BCUT2D eigenvalue weighted by Crippen LogP contribution is -2.28. The standard InChI is InChI=1S/C14H25BrO/c1-11(12-8-9-12)10-16-14-7-5-3-2-4-6-13(14)15/h11-14H,2-10H2,1H3. The van der Waals surface area contributed by atoms with Crippen LogP contribution in [0.3, 0.4) is 0 Å². The Labute approximate surface area is 108 Å². The van der Waals surface area contributed by atoms with Crippen molar-refractivity contribution in [2.24, 2.45) is 11.8 Å². The molecule has 0 saturated heterocycles. The van der Waals surface area contributed by atoms with E-state index in [2.05, 4.69) is 22.9 Å². The third kappa shape index (κ3) is 4.03. The van der Waals surface area contributed by atoms with Gasteiger partial charge in [-0.25, -0.2) is 0 Å². The molecule has 0 radical (unpaired) electrons. The SMILES string of the molecule is CC(COC1CCCCCCC1Br)C1CC1. The van der Waals surface area contributed by atoms with Gasteiger partial charge in [0.05, 0.1) is 6.10 Å². The first-order valence-corrected chi connectivity index (χ1v) is 7.94. The third-order valence-corrected chi connectivity index (χ3v) is 5.17. The summed E-state index contributed by atoms with van der Waals surface area (Å²) in [5.41, 5.74) is 0. The molecule has 0 heterocycles. The topological polar surface area (TPSA) is 9.23 Å². The van der Waals surface area contributed by atoms with Crippen LogP contribution in [0.25, 0.3) is 0 Å². The maximum absolute atomic E-state index is 6.15. The maximum atomic E-state index is 6.15. The number of hydrogen-bond acceptors (Lipinski definition) is 1. The van der Waals surface area contributed by atoms with Gasteiger partial charge in [-0.3, -0.25) is 0 Å². The normalized spacial score (nSPS) is 34.1. The van der Waals surface area contributed by atoms with Crippen molar-refractivity contribution >= 4 is 15.9 Å². The molecule has 2 saturated carbocycles. The minimum Gasteiger partial charge on any atom is -0.377 e. The van der Waals surface area contributed by atoms with E-state index in [1.807, 2.05) is 0 Å². The lowest BCUT2D eigenvalue weighted by Gasteiger charge is -2.26. The molecule has 0 aliphatic heterocycles. The van der Waals surface area contributed by atoms with Crippen LogP contribution in [0.5, 0.6) is 0 Å². The van der Waals surface area contributed by atoms with Gasteiger partial charge in [0.1, 0.15) is 0 Å². The van der Waals surface area contributed by atoms with Crippen LogP contribution < -0.4 is 0 Å². The molecule has 2 aliphatic carbocycles. The van der Waals surface area contributed by atoms with Gasteiger partial charge in [-0.1, -0.05) is 48.5 Å². The highest BCUT2D eigenvalue weighted by atomic mass is 79.9. The Morgan fingerprint density at radius 2 is 1.75 bits per heavy atom. The van der Waals surface area contributed by atoms with Crippen molar-refractivity contribution in [3.63, 3.8) is 0 Å². The second-order valence-corrected chi connectivity index (χ2v) is 6.87. The van der Waals surface area contributed by atoms with Gasteiger partial charge in [0, 0.05) is 11.4 Å². The van der Waals surface area contributed by atoms with Gasteiger partial charge >= 0.3 is 0 Å². The van der Waals surface area contributed by atoms with Crippen molar-refractivity contribution in [2.75, 3.05) is 6.61 Å². The number of ether oxygens (including phenoxy) is 1. The van der Waals surface area contributed by atoms with Crippen LogP contribution in [0, 0.1) is 11.8 Å². The molecule has 0 N–H and O–H groups in total. The smallest absolute Gasteiger partial charge is 0.0700 e. The zero-order valence-electron chi connectivity index (χ0n) is 10.5. The summed E-state index contributed by atoms with van der Waals surface area (Å²) in [6.45, 7) is 3.33. The molecule has 2 aliphatic rings. The zero-order valence-corrected chi connectivity index (χ0v) is 12.0. The molecule has 16 heavy (non-hydrogen) atoms. The summed E-state index contributed by atoms with van der Waals surface area (Å²) in [6, 6.07) is 0. The Bertz CT molecular complexity index is 203. The molecular formula is C14H25BrO. The molecule has 0 spiro atoms. The fourth-order valence-electron chi connectivity index (χ4n) is 2.67. The first kappa shape index (κ1) is 12.9. The fourth-order valence-corrected chi connectivity index (χ4v) is 3.41. The minimum atomic E-state index is 0.474. The summed E-state index contributed by atoms with van der Waals surface area (Å²) < 4.78 is 6.15. The molecule has 0 aromatic carbocycles. The summed E-state index contributed by atoms with van der Waals surface area (Å²) in [5, 5.41) is 0. The highest BCUT2D eigenvalue weighted by Crippen LogP contribution is 2.37. The maximum Gasteiger partial charge on any atom is 0.0700 e. The van der Waals surface area contributed by atoms with Gasteiger partial charge in [-0.15, -0.1) is 0 Å². The highest BCUT2D eigenvalue weighted by Gasteiger charge is 2.29. The predicted molar refractivity (Wildman–Crippen MR) is 72.0 cm³/mol. The molecule has 3 unspecified atom stereocenters. The third-order valence-electron chi connectivity index (χ3n) is 4.12. The van der Waals surface area contributed by atoms with E-state index in [1.165, 1.54) is 51.4 Å². The Hall–Kier alpha value is 0.440. The summed E-state index contributed by atoms with van der Waals surface area (Å²) in [4.78, 5) is 0.596. The Kier molecular flexibility index (Phi) is 5.15. The van der Waals surface area contributed by atoms with Crippen LogP contribution >= 0.6 is 15.9 Å². The second-order valence-electron chi connectivity index (χ2n) is 5.69. The van der Waals surface area contributed by atoms with Crippen LogP contribution in [0.1, 0.15) is 58.3 Å². The van der Waals surface area contributed by atoms with E-state index >= 15 is 0 Å². The molecule has 0 aromatic rings. The van der Waals surface area contributed by atoms with E-state index in [1.54, 1.807) is 0 Å². The summed E-state index contributed by atoms with van der Waals surface area (Å²) in [6.07, 6.45) is 11.4. The molecule has 3 atom stereocenters. The van der Waals surface area contributed by atoms with Gasteiger partial charge < -0.3 is 4.74 Å². The molecule has 0 aromatic heterocycles. The lowest BCUT2D eigenvalue weighted by molar-refractivity contribution is 0.0182. The van der Waals surface area contributed by atoms with E-state index < -0.39 is 0 Å². The average Bonchev–Trinajstić information content (AvgIpc) is 3.06. The average molecular weight is 289 g/mol. The second kappa shape index (κ2) is 6.39. The number of hydrogen-bond donors (Lipinski definition) is 0. The monoisotopic (exact) mass is 288 g/mol. The van der Waals surface area contributed by atoms with Gasteiger partial charge in [0.15, 0.2) is 0 Å². The van der Waals surface area contributed by atoms with Gasteiger partial charge in [-0.2, -0.15) is 0 Å². The Morgan fingerprint density at radius 1 is 1.06 bits per heavy atom. The summed E-state index contributed by atoms with van der Waals surface area (Å²) >= 11 is 3.82. The van der Waals surface area contributed by atoms with Crippen molar-refractivity contribution in [1.29, 1.82) is 0 Å². The van der Waals surface area contributed by atoms with Crippen molar-refractivity contribution in [2.45, 2.75) is 69.2 Å². The van der Waals surface area contributed by atoms with Crippen LogP contribution in [0.4, 0.5) is 0 Å². The van der Waals surface area contributed by atoms with Crippen molar-refractivity contribution in [1.82, 2.24) is 0 Å². The summed E-state index contributed by atoms with van der Waals surface area (Å²) in [5.74, 6) is 1.76. The minimum absolute atomic E-state index is 0.474. The van der Waals surface area contributed by atoms with E-state index in [0.29, 0.717) is 10.9 Å². The molecule has 2 rings (SSSR count). The summed E-state index contributed by atoms with van der Waals surface area (Å²) in [7, 11) is 0. The molecule has 2 heteroatoms. The van der Waals surface area contributed by atoms with Crippen LogP contribution in [0.2, 0.25) is 0 Å².